The van der Waals surface area contributed by atoms with E-state index in [9.17, 15) is 0 Å². The number of hydrogen-bond donors (Lipinski definition) is 1. The zero-order valence-electron chi connectivity index (χ0n) is 6.69. The third-order valence-corrected chi connectivity index (χ3v) is 1.48. The van der Waals surface area contributed by atoms with Gasteiger partial charge in [-0.1, -0.05) is 5.21 Å². The fourth-order valence-electron chi connectivity index (χ4n) is 0.898. The van der Waals surface area contributed by atoms with Gasteiger partial charge in [0.1, 0.15) is 0 Å². The van der Waals surface area contributed by atoms with E-state index in [1.165, 1.54) is 0 Å². The molecule has 1 rings (SSSR count). The van der Waals surface area contributed by atoms with E-state index in [0.717, 1.165) is 5.69 Å². The third-order valence-electron chi connectivity index (χ3n) is 1.48. The normalized spacial score (nSPS) is 13.4. The van der Waals surface area contributed by atoms with Gasteiger partial charge < -0.3 is 10.5 Å². The lowest BCUT2D eigenvalue weighted by atomic mass is 10.2. The number of nitrogens with two attached hydrogens (primary N) is 1. The molecule has 0 aliphatic heterocycles. The van der Waals surface area contributed by atoms with Gasteiger partial charge in [-0.05, 0) is 0 Å². The number of nitrogens with zero attached hydrogens (tertiary/aromatic N) is 3. The molecule has 0 aromatic carbocycles. The van der Waals surface area contributed by atoms with Gasteiger partial charge in [0.05, 0.1) is 24.5 Å². The fourth-order valence-corrected chi connectivity index (χ4v) is 0.898. The number of aromatic nitrogens is 3. The highest BCUT2D eigenvalue weighted by atomic mass is 16.5. The van der Waals surface area contributed by atoms with Crippen LogP contribution in [0.3, 0.4) is 0 Å². The lowest BCUT2D eigenvalue weighted by molar-refractivity contribution is 0.178. The Morgan fingerprint density at radius 1 is 1.82 bits per heavy atom. The van der Waals surface area contributed by atoms with Gasteiger partial charge in [0.2, 0.25) is 0 Å². The van der Waals surface area contributed by atoms with E-state index in [-0.39, 0.29) is 6.04 Å². The molecule has 0 aliphatic rings. The molecule has 0 aliphatic carbocycles. The summed E-state index contributed by atoms with van der Waals surface area (Å²) in [5.74, 6) is 0. The van der Waals surface area contributed by atoms with Crippen LogP contribution in [0.2, 0.25) is 0 Å². The summed E-state index contributed by atoms with van der Waals surface area (Å²) in [4.78, 5) is 0. The molecular formula is C6H12N4O. The summed E-state index contributed by atoms with van der Waals surface area (Å²) in [6, 6.07) is -0.139. The van der Waals surface area contributed by atoms with E-state index >= 15 is 0 Å². The number of methoxy groups -OCH3 is 1. The molecule has 0 bridgehead atoms. The Labute approximate surface area is 65.1 Å². The highest BCUT2D eigenvalue weighted by Crippen LogP contribution is 2.05. The van der Waals surface area contributed by atoms with Crippen LogP contribution in [-0.4, -0.2) is 28.7 Å². The van der Waals surface area contributed by atoms with E-state index in [0.29, 0.717) is 6.61 Å². The molecule has 0 saturated carbocycles. The van der Waals surface area contributed by atoms with Crippen LogP contribution in [0.15, 0.2) is 6.20 Å². The van der Waals surface area contributed by atoms with Crippen LogP contribution in [-0.2, 0) is 11.8 Å². The molecule has 0 saturated heterocycles. The zero-order chi connectivity index (χ0) is 8.27. The van der Waals surface area contributed by atoms with Crippen molar-refractivity contribution in [2.45, 2.75) is 6.04 Å². The fraction of sp³-hybridized carbons (Fsp3) is 0.667. The SMILES string of the molecule is COCC(N)c1cnnn1C. The molecular weight excluding hydrogens is 144 g/mol. The molecule has 2 N–H and O–H groups in total. The van der Waals surface area contributed by atoms with Crippen molar-refractivity contribution in [3.63, 3.8) is 0 Å². The van der Waals surface area contributed by atoms with Crippen LogP contribution >= 0.6 is 0 Å². The number of hydrogen-bond acceptors (Lipinski definition) is 4. The Morgan fingerprint density at radius 3 is 3.00 bits per heavy atom. The minimum Gasteiger partial charge on any atom is -0.383 e. The first-order valence-electron chi connectivity index (χ1n) is 3.34. The molecule has 0 radical (unpaired) electrons. The van der Waals surface area contributed by atoms with Crippen LogP contribution in [0.4, 0.5) is 0 Å². The first kappa shape index (κ1) is 8.16. The summed E-state index contributed by atoms with van der Waals surface area (Å²) in [6.07, 6.45) is 1.64. The topological polar surface area (TPSA) is 66.0 Å². The molecule has 0 fully saturated rings. The standard InChI is InChI=1S/C6H12N4O/c1-10-6(3-8-9-10)5(7)4-11-2/h3,5H,4,7H2,1-2H3. The largest absolute Gasteiger partial charge is 0.383 e. The van der Waals surface area contributed by atoms with Crippen molar-refractivity contribution in [1.82, 2.24) is 15.0 Å². The summed E-state index contributed by atoms with van der Waals surface area (Å²) in [5, 5.41) is 7.45. The second-order valence-corrected chi connectivity index (χ2v) is 2.34. The Bertz CT molecular complexity index is 222. The quantitative estimate of drug-likeness (QED) is 0.638. The van der Waals surface area contributed by atoms with Gasteiger partial charge >= 0.3 is 0 Å². The molecule has 0 amide bonds. The summed E-state index contributed by atoms with van der Waals surface area (Å²) in [6.45, 7) is 0.487. The third kappa shape index (κ3) is 1.75. The molecule has 1 aromatic rings. The second kappa shape index (κ2) is 3.45. The van der Waals surface area contributed by atoms with Gasteiger partial charge in [-0.15, -0.1) is 5.10 Å². The Hall–Kier alpha value is -0.940. The predicted octanol–water partition coefficient (Wildman–Crippen LogP) is -0.539. The smallest absolute Gasteiger partial charge is 0.0774 e. The van der Waals surface area contributed by atoms with E-state index in [1.807, 2.05) is 0 Å². The summed E-state index contributed by atoms with van der Waals surface area (Å²) >= 11 is 0. The average molecular weight is 156 g/mol. The minimum atomic E-state index is -0.139. The van der Waals surface area contributed by atoms with Crippen LogP contribution in [0.5, 0.6) is 0 Å². The first-order valence-corrected chi connectivity index (χ1v) is 3.34. The molecule has 1 heterocycles. The Balaban J connectivity index is 2.67. The monoisotopic (exact) mass is 156 g/mol. The molecule has 5 heteroatoms. The summed E-state index contributed by atoms with van der Waals surface area (Å²) < 4.78 is 6.53. The molecule has 62 valence electrons. The molecule has 1 unspecified atom stereocenters. The van der Waals surface area contributed by atoms with Gasteiger partial charge in [0.15, 0.2) is 0 Å². The highest BCUT2D eigenvalue weighted by Gasteiger charge is 2.09. The maximum Gasteiger partial charge on any atom is 0.0774 e. The van der Waals surface area contributed by atoms with Gasteiger partial charge in [0, 0.05) is 14.2 Å². The number of aryl methyl sites for hydroxylation is 1. The average Bonchev–Trinajstić information content (AvgIpc) is 2.36. The number of rotatable bonds is 3. The first-order chi connectivity index (χ1) is 5.25. The van der Waals surface area contributed by atoms with E-state index in [2.05, 4.69) is 10.3 Å². The minimum absolute atomic E-state index is 0.139. The van der Waals surface area contributed by atoms with Crippen molar-refractivity contribution in [3.05, 3.63) is 11.9 Å². The van der Waals surface area contributed by atoms with Gasteiger partial charge in [0.25, 0.3) is 0 Å². The van der Waals surface area contributed by atoms with Crippen molar-refractivity contribution >= 4 is 0 Å². The number of ether oxygens (including phenoxy) is 1. The highest BCUT2D eigenvalue weighted by molar-refractivity contribution is 5.00. The van der Waals surface area contributed by atoms with E-state index < -0.39 is 0 Å². The van der Waals surface area contributed by atoms with Gasteiger partial charge in [-0.3, -0.25) is 4.68 Å². The van der Waals surface area contributed by atoms with Crippen molar-refractivity contribution in [3.8, 4) is 0 Å². The molecule has 0 spiro atoms. The maximum atomic E-state index is 5.72. The molecule has 1 atom stereocenters. The lowest BCUT2D eigenvalue weighted by Crippen LogP contribution is -2.19. The van der Waals surface area contributed by atoms with Crippen LogP contribution in [0.1, 0.15) is 11.7 Å². The maximum absolute atomic E-state index is 5.72. The van der Waals surface area contributed by atoms with Gasteiger partial charge in [-0.25, -0.2) is 0 Å². The van der Waals surface area contributed by atoms with E-state index in [4.69, 9.17) is 10.5 Å². The van der Waals surface area contributed by atoms with Crippen LogP contribution in [0.25, 0.3) is 0 Å². The Kier molecular flexibility index (Phi) is 2.56. The lowest BCUT2D eigenvalue weighted by Gasteiger charge is -2.08. The van der Waals surface area contributed by atoms with E-state index in [1.54, 1.807) is 25.0 Å². The summed E-state index contributed by atoms with van der Waals surface area (Å²) in [5.41, 5.74) is 6.61. The Morgan fingerprint density at radius 2 is 2.55 bits per heavy atom. The zero-order valence-corrected chi connectivity index (χ0v) is 6.69. The predicted molar refractivity (Wildman–Crippen MR) is 39.8 cm³/mol. The summed E-state index contributed by atoms with van der Waals surface area (Å²) in [7, 11) is 3.42. The van der Waals surface area contributed by atoms with Gasteiger partial charge in [-0.2, -0.15) is 0 Å². The molecule has 11 heavy (non-hydrogen) atoms. The van der Waals surface area contributed by atoms with Crippen LogP contribution in [0, 0.1) is 0 Å². The second-order valence-electron chi connectivity index (χ2n) is 2.34. The van der Waals surface area contributed by atoms with Crippen molar-refractivity contribution in [2.75, 3.05) is 13.7 Å². The van der Waals surface area contributed by atoms with Crippen LogP contribution < -0.4 is 5.73 Å². The van der Waals surface area contributed by atoms with Crippen molar-refractivity contribution in [1.29, 1.82) is 0 Å². The molecule has 5 nitrogen and oxygen atoms in total. The van der Waals surface area contributed by atoms with Crippen molar-refractivity contribution in [2.24, 2.45) is 12.8 Å². The molecule has 1 aromatic heterocycles. The van der Waals surface area contributed by atoms with Crippen molar-refractivity contribution < 1.29 is 4.74 Å².